The fourth-order valence-electron chi connectivity index (χ4n) is 9.07. The Hall–Kier alpha value is -1.91. The molecule has 30 heteroatoms. The van der Waals surface area contributed by atoms with E-state index in [0.29, 0.717) is 0 Å². The minimum absolute atomic E-state index is 0.134. The van der Waals surface area contributed by atoms with Gasteiger partial charge in [0.1, 0.15) is 134 Å². The Balaban J connectivity index is 1.37. The van der Waals surface area contributed by atoms with Crippen LogP contribution in [0.4, 0.5) is 0 Å². The molecule has 6 fully saturated rings. The van der Waals surface area contributed by atoms with Crippen molar-refractivity contribution in [2.24, 2.45) is 0 Å². The highest BCUT2D eigenvalue weighted by molar-refractivity contribution is 5.73. The summed E-state index contributed by atoms with van der Waals surface area (Å²) < 4.78 is 70.2. The van der Waals surface area contributed by atoms with E-state index < -0.39 is 217 Å². The van der Waals surface area contributed by atoms with Crippen molar-refractivity contribution in [1.82, 2.24) is 5.32 Å². The lowest BCUT2D eigenvalue weighted by Gasteiger charge is -2.52. The molecule has 17 N–H and O–H groups in total. The minimum Gasteiger partial charge on any atom is -0.394 e. The third-order valence-corrected chi connectivity index (χ3v) is 13.1. The van der Waals surface area contributed by atoms with Crippen molar-refractivity contribution in [1.29, 1.82) is 0 Å². The van der Waals surface area contributed by atoms with Gasteiger partial charge in [-0.25, -0.2) is 0 Å². The largest absolute Gasteiger partial charge is 0.394 e. The molecule has 30 nitrogen and oxygen atoms in total. The molecule has 412 valence electrons. The first-order chi connectivity index (χ1) is 33.6. The Morgan fingerprint density at radius 3 is 1.38 bits per heavy atom. The smallest absolute Gasteiger partial charge is 0.217 e. The lowest BCUT2D eigenvalue weighted by molar-refractivity contribution is -0.400. The van der Waals surface area contributed by atoms with Crippen LogP contribution < -0.4 is 5.32 Å². The molecule has 0 aromatic carbocycles. The van der Waals surface area contributed by atoms with E-state index in [4.69, 9.17) is 56.8 Å². The van der Waals surface area contributed by atoms with Crippen LogP contribution in [-0.4, -0.2) is 305 Å². The highest BCUT2D eigenvalue weighted by atomic mass is 16.8. The predicted molar refractivity (Wildman–Crippen MR) is 222 cm³/mol. The van der Waals surface area contributed by atoms with Crippen LogP contribution >= 0.6 is 0 Å². The monoisotopic (exact) mass is 1040 g/mol. The fraction of sp³-hybridized carbons (Fsp3) is 0.927. The van der Waals surface area contributed by atoms with Gasteiger partial charge < -0.3 is 144 Å². The molecular formula is C41H69NO29. The van der Waals surface area contributed by atoms with Gasteiger partial charge in [0.15, 0.2) is 37.7 Å². The molecule has 0 bridgehead atoms. The first-order valence-corrected chi connectivity index (χ1v) is 22.9. The number of hydrogen-bond donors (Lipinski definition) is 17. The number of aliphatic hydroxyl groups excluding tert-OH is 16. The molecule has 0 spiro atoms. The highest BCUT2D eigenvalue weighted by Crippen LogP contribution is 2.38. The molecule has 0 aliphatic carbocycles. The summed E-state index contributed by atoms with van der Waals surface area (Å²) in [6.07, 6.45) is -51.6. The summed E-state index contributed by atoms with van der Waals surface area (Å²) in [6, 6.07) is -1.85. The number of carbonyl (C=O) groups excluding carboxylic acids is 1. The Labute approximate surface area is 404 Å². The van der Waals surface area contributed by atoms with Gasteiger partial charge >= 0.3 is 0 Å². The first-order valence-electron chi connectivity index (χ1n) is 22.9. The van der Waals surface area contributed by atoms with Crippen molar-refractivity contribution >= 4 is 5.91 Å². The van der Waals surface area contributed by atoms with Gasteiger partial charge in [-0.05, 0) is 13.8 Å². The van der Waals surface area contributed by atoms with Crippen LogP contribution in [0.2, 0.25) is 0 Å². The van der Waals surface area contributed by atoms with Gasteiger partial charge in [-0.1, -0.05) is 6.08 Å². The number of aliphatic hydroxyl groups is 16. The zero-order chi connectivity index (χ0) is 52.3. The van der Waals surface area contributed by atoms with Gasteiger partial charge in [-0.2, -0.15) is 0 Å². The molecule has 0 unspecified atom stereocenters. The topological polar surface area (TPSA) is 464 Å². The molecular weight excluding hydrogens is 970 g/mol. The van der Waals surface area contributed by atoms with E-state index >= 15 is 0 Å². The van der Waals surface area contributed by atoms with Gasteiger partial charge in [-0.3, -0.25) is 4.79 Å². The molecule has 6 aliphatic rings. The van der Waals surface area contributed by atoms with E-state index in [1.807, 2.05) is 0 Å². The van der Waals surface area contributed by atoms with Crippen molar-refractivity contribution in [2.75, 3.05) is 33.0 Å². The Bertz CT molecular complexity index is 1680. The molecule has 6 heterocycles. The molecule has 6 aliphatic heterocycles. The second kappa shape index (κ2) is 25.3. The summed E-state index contributed by atoms with van der Waals surface area (Å²) in [7, 11) is 0. The zero-order valence-electron chi connectivity index (χ0n) is 38.6. The van der Waals surface area contributed by atoms with E-state index in [-0.39, 0.29) is 6.61 Å². The second-order valence-electron chi connectivity index (χ2n) is 18.1. The van der Waals surface area contributed by atoms with Crippen LogP contribution in [0, 0.1) is 0 Å². The lowest BCUT2D eigenvalue weighted by atomic mass is 9.93. The minimum atomic E-state index is -2.17. The SMILES string of the molecule is C=CCO[C@H]1O[C@H](CO)[C@@H](O[C@@H]2O[C@H](CO)[C@H](O)[C@H](O[C@@H]3O[C@H](CO)[C@@H](O[C@@H]4O[C@@H](C)[C@@H](O)[C@@H](O)[C@@H]4O)[C@H](O[C@@H]4O[C@H](CO)[C@H](O)[C@H](O)[C@H]4O[C@@H]4O[C@@H](C)[C@@H](O)[C@@H](O)[C@@H]4O)[C@H]3NC(C)=O)[C@H]2O)[C@H](O)[C@@H]1O. The summed E-state index contributed by atoms with van der Waals surface area (Å²) in [6.45, 7) is 3.11. The van der Waals surface area contributed by atoms with Crippen molar-refractivity contribution < 1.29 is 143 Å². The standard InChI is InChI=1S/C41H69NO29/c1-5-6-60-37-29(58)26(55)31(16(9-45)66-37)67-40-30(59)34(22(51)15(8-44)63-40)70-36-18(42-13(4)47)33(32(17(10-46)65-36)68-38-27(56)23(52)19(48)11(2)61-38)69-41-35(25(54)21(50)14(7-43)64-41)71-39-28(57)24(53)20(49)12(3)62-39/h5,11-12,14-41,43-46,48-59H,1,6-10H2,2-4H3,(H,42,47)/t11-,12-,14+,15+,16+,17+,18+,19+,20+,21-,22-,23+,24+,25-,26+,27-,28-,29-,30+,31+,32+,33+,34-,35+,36-,37-,38-,39-,40-,41-/m0/s1. The normalized spacial score (nSPS) is 50.9. The average molecular weight is 1040 g/mol. The van der Waals surface area contributed by atoms with E-state index in [2.05, 4.69) is 11.9 Å². The van der Waals surface area contributed by atoms with Crippen LogP contribution in [0.15, 0.2) is 12.7 Å². The third-order valence-electron chi connectivity index (χ3n) is 13.1. The van der Waals surface area contributed by atoms with Crippen molar-refractivity contribution in [3.05, 3.63) is 12.7 Å². The molecule has 71 heavy (non-hydrogen) atoms. The van der Waals surface area contributed by atoms with Crippen molar-refractivity contribution in [3.8, 4) is 0 Å². The maximum Gasteiger partial charge on any atom is 0.217 e. The number of rotatable bonds is 18. The van der Waals surface area contributed by atoms with Gasteiger partial charge in [0.05, 0.1) is 45.2 Å². The van der Waals surface area contributed by atoms with Gasteiger partial charge in [0, 0.05) is 6.92 Å². The van der Waals surface area contributed by atoms with Crippen molar-refractivity contribution in [2.45, 2.75) is 205 Å². The Kier molecular flexibility index (Phi) is 20.8. The third kappa shape index (κ3) is 12.5. The predicted octanol–water partition coefficient (Wildman–Crippen LogP) is -10.7. The highest BCUT2D eigenvalue weighted by Gasteiger charge is 2.59. The maximum atomic E-state index is 13.1. The van der Waals surface area contributed by atoms with Crippen LogP contribution in [0.5, 0.6) is 0 Å². The van der Waals surface area contributed by atoms with E-state index in [0.717, 1.165) is 6.92 Å². The number of carbonyl (C=O) groups is 1. The maximum absolute atomic E-state index is 13.1. The van der Waals surface area contributed by atoms with Crippen LogP contribution in [0.3, 0.4) is 0 Å². The second-order valence-corrected chi connectivity index (χ2v) is 18.1. The van der Waals surface area contributed by atoms with Crippen LogP contribution in [0.25, 0.3) is 0 Å². The van der Waals surface area contributed by atoms with Crippen LogP contribution in [-0.2, 0) is 61.6 Å². The summed E-state index contributed by atoms with van der Waals surface area (Å²) in [5, 5.41) is 176. The molecule has 0 aromatic rings. The molecule has 30 atom stereocenters. The number of nitrogens with one attached hydrogen (secondary N) is 1. The number of amides is 1. The molecule has 6 rings (SSSR count). The summed E-state index contributed by atoms with van der Waals surface area (Å²) >= 11 is 0. The van der Waals surface area contributed by atoms with Gasteiger partial charge in [-0.15, -0.1) is 6.58 Å². The molecule has 1 amide bonds. The quantitative estimate of drug-likeness (QED) is 0.0567. The van der Waals surface area contributed by atoms with Crippen LogP contribution in [0.1, 0.15) is 20.8 Å². The first kappa shape index (κ1) is 58.4. The average Bonchev–Trinajstić information content (AvgIpc) is 3.34. The molecule has 6 saturated heterocycles. The van der Waals surface area contributed by atoms with Crippen molar-refractivity contribution in [3.63, 3.8) is 0 Å². The van der Waals surface area contributed by atoms with E-state index in [1.165, 1.54) is 19.9 Å². The summed E-state index contributed by atoms with van der Waals surface area (Å²) in [5.41, 5.74) is 0. The molecule has 0 saturated carbocycles. The zero-order valence-corrected chi connectivity index (χ0v) is 38.6. The van der Waals surface area contributed by atoms with E-state index in [1.54, 1.807) is 0 Å². The van der Waals surface area contributed by atoms with E-state index in [9.17, 15) is 86.5 Å². The van der Waals surface area contributed by atoms with Gasteiger partial charge in [0.2, 0.25) is 5.91 Å². The molecule has 0 aromatic heterocycles. The molecule has 0 radical (unpaired) electrons. The Morgan fingerprint density at radius 1 is 0.437 bits per heavy atom. The number of hydrogen-bond acceptors (Lipinski definition) is 29. The summed E-state index contributed by atoms with van der Waals surface area (Å²) in [5.74, 6) is -0.887. The Morgan fingerprint density at radius 2 is 0.845 bits per heavy atom. The summed E-state index contributed by atoms with van der Waals surface area (Å²) in [4.78, 5) is 13.1. The lowest BCUT2D eigenvalue weighted by Crippen LogP contribution is -2.71. The fourth-order valence-corrected chi connectivity index (χ4v) is 9.07. The van der Waals surface area contributed by atoms with Gasteiger partial charge in [0.25, 0.3) is 0 Å². The number of ether oxygens (including phenoxy) is 12.